The molecular formula is C37H38F6O6. The number of hydrogen-bond donors (Lipinski definition) is 0. The number of rotatable bonds is 13. The van der Waals surface area contributed by atoms with Gasteiger partial charge >= 0.3 is 24.3 Å². The van der Waals surface area contributed by atoms with Gasteiger partial charge in [0.1, 0.15) is 12.2 Å². The molecule has 0 aromatic heterocycles. The highest BCUT2D eigenvalue weighted by atomic mass is 19.4. The number of hydrogen-bond acceptors (Lipinski definition) is 6. The Labute approximate surface area is 281 Å². The number of alkyl halides is 6. The fourth-order valence-electron chi connectivity index (χ4n) is 6.20. The van der Waals surface area contributed by atoms with E-state index in [2.05, 4.69) is 0 Å². The average molecular weight is 693 g/mol. The Bertz CT molecular complexity index is 1520. The second kappa shape index (κ2) is 16.0. The first kappa shape index (κ1) is 37.7. The number of methoxy groups -OCH3 is 2. The molecule has 0 unspecified atom stereocenters. The third-order valence-corrected chi connectivity index (χ3v) is 8.80. The van der Waals surface area contributed by atoms with Crippen molar-refractivity contribution in [3.05, 3.63) is 120 Å². The highest BCUT2D eigenvalue weighted by Gasteiger charge is 2.65. The van der Waals surface area contributed by atoms with Crippen molar-refractivity contribution in [1.82, 2.24) is 0 Å². The molecule has 0 heterocycles. The van der Waals surface area contributed by atoms with Crippen LogP contribution in [0.3, 0.4) is 0 Å². The molecule has 12 heteroatoms. The first-order chi connectivity index (χ1) is 23.3. The van der Waals surface area contributed by atoms with Crippen molar-refractivity contribution in [3.63, 3.8) is 0 Å². The van der Waals surface area contributed by atoms with Crippen LogP contribution in [0, 0.1) is 5.92 Å². The highest BCUT2D eigenvalue weighted by molar-refractivity contribution is 5.83. The summed E-state index contributed by atoms with van der Waals surface area (Å²) in [6.45, 7) is 0. The molecular weight excluding hydrogens is 654 g/mol. The number of halogens is 6. The smallest absolute Gasteiger partial charge is 0.432 e. The van der Waals surface area contributed by atoms with Crippen LogP contribution in [0.15, 0.2) is 103 Å². The summed E-state index contributed by atoms with van der Waals surface area (Å²) in [6, 6.07) is 20.8. The molecule has 264 valence electrons. The number of carbonyl (C=O) groups is 2. The number of esters is 2. The standard InChI is InChI=1S/C37H38F6O6/c1-46-34(36(38,39)40,28-20-11-5-12-21-28)32(44)48-30(26-16-7-3-8-17-26)24-15-25-31(27-18-9-4-10-19-27)49-33(45)35(47-2,37(41,42)43)29-22-13-6-14-23-29/h3,5-8,11-17,20-23,25,27,30-31H,4,9-10,18-19,24H2,1-2H3/b25-15-/t30-,31+,34-,35-/m1/s1. The SMILES string of the molecule is CO[C@@](C(=O)O[C@@H](/C=C\C[C@@H](OC(=O)[C@](OC)(c1ccccc1)C(F)(F)F)c1ccccc1)C1CCCCC1)(c1ccccc1)C(F)(F)F. The normalized spacial score (nSPS) is 18.2. The minimum absolute atomic E-state index is 0.198. The fourth-order valence-corrected chi connectivity index (χ4v) is 6.20. The van der Waals surface area contributed by atoms with Crippen LogP contribution in [0.2, 0.25) is 0 Å². The molecule has 0 bridgehead atoms. The number of benzene rings is 3. The van der Waals surface area contributed by atoms with Gasteiger partial charge in [-0.1, -0.05) is 116 Å². The summed E-state index contributed by atoms with van der Waals surface area (Å²) in [6.07, 6.45) is -6.59. The highest BCUT2D eigenvalue weighted by Crippen LogP contribution is 2.45. The van der Waals surface area contributed by atoms with Crippen molar-refractivity contribution in [3.8, 4) is 0 Å². The quantitative estimate of drug-likeness (QED) is 0.101. The third-order valence-electron chi connectivity index (χ3n) is 8.80. The van der Waals surface area contributed by atoms with Crippen LogP contribution >= 0.6 is 0 Å². The maximum atomic E-state index is 14.6. The van der Waals surface area contributed by atoms with Crippen molar-refractivity contribution in [1.29, 1.82) is 0 Å². The van der Waals surface area contributed by atoms with E-state index in [4.69, 9.17) is 18.9 Å². The van der Waals surface area contributed by atoms with Crippen LogP contribution < -0.4 is 0 Å². The molecule has 6 nitrogen and oxygen atoms in total. The molecule has 0 saturated heterocycles. The largest absolute Gasteiger partial charge is 0.455 e. The Hall–Kier alpha value is -4.16. The molecule has 0 aliphatic heterocycles. The molecule has 0 amide bonds. The second-order valence-electron chi connectivity index (χ2n) is 11.7. The summed E-state index contributed by atoms with van der Waals surface area (Å²) in [5.41, 5.74) is -7.43. The van der Waals surface area contributed by atoms with Crippen molar-refractivity contribution in [2.45, 2.75) is 74.3 Å². The van der Waals surface area contributed by atoms with Crippen LogP contribution in [0.4, 0.5) is 26.3 Å². The molecule has 0 spiro atoms. The summed E-state index contributed by atoms with van der Waals surface area (Å²) in [4.78, 5) is 27.0. The Kier molecular flexibility index (Phi) is 12.3. The molecule has 49 heavy (non-hydrogen) atoms. The molecule has 4 rings (SSSR count). The zero-order valence-corrected chi connectivity index (χ0v) is 27.0. The lowest BCUT2D eigenvalue weighted by Crippen LogP contribution is -2.52. The van der Waals surface area contributed by atoms with Crippen LogP contribution in [0.5, 0.6) is 0 Å². The molecule has 1 aliphatic carbocycles. The van der Waals surface area contributed by atoms with Crippen molar-refractivity contribution >= 4 is 11.9 Å². The van der Waals surface area contributed by atoms with Crippen LogP contribution in [0.25, 0.3) is 0 Å². The predicted octanol–water partition coefficient (Wildman–Crippen LogP) is 8.92. The van der Waals surface area contributed by atoms with Gasteiger partial charge in [0, 0.05) is 31.8 Å². The average Bonchev–Trinajstić information content (AvgIpc) is 3.09. The summed E-state index contributed by atoms with van der Waals surface area (Å²) < 4.78 is 109. The van der Waals surface area contributed by atoms with E-state index in [1.54, 1.807) is 30.3 Å². The summed E-state index contributed by atoms with van der Waals surface area (Å²) in [7, 11) is 1.54. The lowest BCUT2D eigenvalue weighted by atomic mass is 9.84. The monoisotopic (exact) mass is 692 g/mol. The zero-order valence-electron chi connectivity index (χ0n) is 27.0. The van der Waals surface area contributed by atoms with Gasteiger partial charge < -0.3 is 18.9 Å². The van der Waals surface area contributed by atoms with E-state index < -0.39 is 58.8 Å². The van der Waals surface area contributed by atoms with Crippen LogP contribution in [-0.2, 0) is 39.7 Å². The van der Waals surface area contributed by atoms with E-state index in [9.17, 15) is 35.9 Å². The van der Waals surface area contributed by atoms with E-state index in [-0.39, 0.29) is 12.3 Å². The molecule has 3 aromatic carbocycles. The Morgan fingerprint density at radius 1 is 0.673 bits per heavy atom. The molecule has 1 saturated carbocycles. The van der Waals surface area contributed by atoms with Crippen molar-refractivity contribution < 1.29 is 54.9 Å². The molecule has 0 N–H and O–H groups in total. The van der Waals surface area contributed by atoms with Gasteiger partial charge in [-0.05, 0) is 30.4 Å². The van der Waals surface area contributed by atoms with Crippen molar-refractivity contribution in [2.24, 2.45) is 5.92 Å². The maximum Gasteiger partial charge on any atom is 0.432 e. The zero-order chi connectivity index (χ0) is 35.7. The lowest BCUT2D eigenvalue weighted by molar-refractivity contribution is -0.279. The topological polar surface area (TPSA) is 71.1 Å². The van der Waals surface area contributed by atoms with E-state index >= 15 is 0 Å². The summed E-state index contributed by atoms with van der Waals surface area (Å²) in [5, 5.41) is 0. The Morgan fingerprint density at radius 3 is 1.53 bits per heavy atom. The van der Waals surface area contributed by atoms with E-state index in [1.165, 1.54) is 48.6 Å². The van der Waals surface area contributed by atoms with Gasteiger partial charge in [-0.25, -0.2) is 9.59 Å². The predicted molar refractivity (Wildman–Crippen MR) is 168 cm³/mol. The number of carbonyl (C=O) groups excluding carboxylic acids is 2. The molecule has 1 fully saturated rings. The van der Waals surface area contributed by atoms with Gasteiger partial charge in [0.2, 0.25) is 0 Å². The second-order valence-corrected chi connectivity index (χ2v) is 11.7. The molecule has 3 aromatic rings. The van der Waals surface area contributed by atoms with Gasteiger partial charge in [-0.3, -0.25) is 0 Å². The molecule has 0 radical (unpaired) electrons. The minimum atomic E-state index is -5.21. The van der Waals surface area contributed by atoms with Gasteiger partial charge in [-0.2, -0.15) is 26.3 Å². The van der Waals surface area contributed by atoms with Crippen LogP contribution in [-0.4, -0.2) is 44.6 Å². The lowest BCUT2D eigenvalue weighted by Gasteiger charge is -2.35. The fraction of sp³-hybridized carbons (Fsp3) is 0.405. The van der Waals surface area contributed by atoms with Crippen molar-refractivity contribution in [2.75, 3.05) is 14.2 Å². The van der Waals surface area contributed by atoms with E-state index in [1.807, 2.05) is 0 Å². The number of ether oxygens (including phenoxy) is 4. The third kappa shape index (κ3) is 8.02. The van der Waals surface area contributed by atoms with Gasteiger partial charge in [-0.15, -0.1) is 0 Å². The minimum Gasteiger partial charge on any atom is -0.455 e. The summed E-state index contributed by atoms with van der Waals surface area (Å²) >= 11 is 0. The Morgan fingerprint density at radius 2 is 1.10 bits per heavy atom. The van der Waals surface area contributed by atoms with E-state index in [0.717, 1.165) is 57.7 Å². The molecule has 1 aliphatic rings. The first-order valence-corrected chi connectivity index (χ1v) is 15.8. The van der Waals surface area contributed by atoms with E-state index in [0.29, 0.717) is 18.4 Å². The van der Waals surface area contributed by atoms with Gasteiger partial charge in [0.25, 0.3) is 11.2 Å². The maximum absolute atomic E-state index is 14.6. The van der Waals surface area contributed by atoms with Gasteiger partial charge in [0.05, 0.1) is 0 Å². The van der Waals surface area contributed by atoms with Gasteiger partial charge in [0.15, 0.2) is 0 Å². The van der Waals surface area contributed by atoms with Crippen LogP contribution in [0.1, 0.15) is 61.3 Å². The Balaban J connectivity index is 1.67. The summed E-state index contributed by atoms with van der Waals surface area (Å²) in [5.74, 6) is -3.70. The molecule has 4 atom stereocenters. The first-order valence-electron chi connectivity index (χ1n) is 15.8.